The fourth-order valence-electron chi connectivity index (χ4n) is 4.47. The molecule has 0 bridgehead atoms. The van der Waals surface area contributed by atoms with E-state index in [-0.39, 0.29) is 24.0 Å². The van der Waals surface area contributed by atoms with Gasteiger partial charge < -0.3 is 14.4 Å². The van der Waals surface area contributed by atoms with Crippen LogP contribution < -0.4 is 4.74 Å². The molecule has 2 aliphatic heterocycles. The highest BCUT2D eigenvalue weighted by Crippen LogP contribution is 2.23. The van der Waals surface area contributed by atoms with Gasteiger partial charge in [0.05, 0.1) is 26.0 Å². The zero-order chi connectivity index (χ0) is 22.0. The lowest BCUT2D eigenvalue weighted by Crippen LogP contribution is -2.51. The Balaban J connectivity index is 1.33. The molecule has 1 aromatic heterocycles. The molecule has 1 N–H and O–H groups in total. The highest BCUT2D eigenvalue weighted by atomic mass is 32.1. The number of nitrogens with zero attached hydrogens (tertiary/aromatic N) is 4. The molecule has 3 heterocycles. The lowest BCUT2D eigenvalue weighted by atomic mass is 9.95. The predicted molar refractivity (Wildman–Crippen MR) is 120 cm³/mol. The first-order valence-electron chi connectivity index (χ1n) is 10.9. The second-order valence-electron chi connectivity index (χ2n) is 8.55. The van der Waals surface area contributed by atoms with Gasteiger partial charge in [0.1, 0.15) is 5.75 Å². The molecule has 0 aliphatic carbocycles. The zero-order valence-corrected chi connectivity index (χ0v) is 19.2. The van der Waals surface area contributed by atoms with Gasteiger partial charge in [0, 0.05) is 37.7 Å². The van der Waals surface area contributed by atoms with Crippen molar-refractivity contribution in [3.8, 4) is 17.1 Å². The molecular weight excluding hydrogens is 414 g/mol. The van der Waals surface area contributed by atoms with Crippen LogP contribution in [-0.2, 0) is 16.2 Å². The lowest BCUT2D eigenvalue weighted by Gasteiger charge is -2.39. The van der Waals surface area contributed by atoms with Crippen molar-refractivity contribution >= 4 is 18.1 Å². The molecule has 0 saturated carbocycles. The summed E-state index contributed by atoms with van der Waals surface area (Å²) in [6.45, 7) is 7.84. The fraction of sp³-hybridized carbons (Fsp3) is 0.591. The van der Waals surface area contributed by atoms with Crippen LogP contribution in [0.25, 0.3) is 11.4 Å². The average molecular weight is 446 g/mol. The maximum absolute atomic E-state index is 13.0. The van der Waals surface area contributed by atoms with Gasteiger partial charge in [-0.25, -0.2) is 4.68 Å². The molecule has 1 amide bonds. The number of amides is 1. The average Bonchev–Trinajstić information content (AvgIpc) is 3.13. The summed E-state index contributed by atoms with van der Waals surface area (Å²) in [5.41, 5.74) is 0.962. The number of hydrogen-bond acceptors (Lipinski definition) is 6. The standard InChI is InChI=1S/C22H31N5O3S/c1-15-12-26(13-16(2)30-15)21(28)18-8-10-25(11-9-18)14-27-22(31)23-20(24-27)17-4-6-19(29-3)7-5-17/h4-7,15-16,18H,8-14H2,1-3H3,(H,23,24,31). The predicted octanol–water partition coefficient (Wildman–Crippen LogP) is 2.92. The smallest absolute Gasteiger partial charge is 0.225 e. The number of H-pyrrole nitrogens is 1. The van der Waals surface area contributed by atoms with Crippen molar-refractivity contribution in [1.29, 1.82) is 0 Å². The Kier molecular flexibility index (Phi) is 6.74. The number of ether oxygens (including phenoxy) is 2. The SMILES string of the molecule is COc1ccc(-c2nc(=S)n(CN3CCC(C(=O)N4CC(C)OC(C)C4)CC3)[nH]2)cc1. The summed E-state index contributed by atoms with van der Waals surface area (Å²) in [6.07, 6.45) is 1.95. The topological polar surface area (TPSA) is 75.6 Å². The van der Waals surface area contributed by atoms with Gasteiger partial charge in [0.2, 0.25) is 10.7 Å². The summed E-state index contributed by atoms with van der Waals surface area (Å²) < 4.78 is 13.4. The molecule has 2 aromatic rings. The number of aromatic amines is 1. The summed E-state index contributed by atoms with van der Waals surface area (Å²) in [5, 5.41) is 3.31. The van der Waals surface area contributed by atoms with Crippen LogP contribution in [0.4, 0.5) is 0 Å². The molecule has 2 aliphatic rings. The molecule has 31 heavy (non-hydrogen) atoms. The van der Waals surface area contributed by atoms with E-state index in [1.54, 1.807) is 7.11 Å². The third-order valence-corrected chi connectivity index (χ3v) is 6.36. The van der Waals surface area contributed by atoms with Crippen LogP contribution in [0, 0.1) is 10.7 Å². The van der Waals surface area contributed by atoms with E-state index in [1.807, 2.05) is 47.7 Å². The van der Waals surface area contributed by atoms with Gasteiger partial charge in [-0.05, 0) is 63.2 Å². The zero-order valence-electron chi connectivity index (χ0n) is 18.4. The van der Waals surface area contributed by atoms with Crippen molar-refractivity contribution in [1.82, 2.24) is 24.6 Å². The number of carbonyl (C=O) groups is 1. The van der Waals surface area contributed by atoms with Crippen LogP contribution in [0.3, 0.4) is 0 Å². The first kappa shape index (κ1) is 22.0. The van der Waals surface area contributed by atoms with Crippen molar-refractivity contribution in [3.63, 3.8) is 0 Å². The summed E-state index contributed by atoms with van der Waals surface area (Å²) in [4.78, 5) is 21.8. The van der Waals surface area contributed by atoms with Crippen LogP contribution in [0.15, 0.2) is 24.3 Å². The van der Waals surface area contributed by atoms with Crippen molar-refractivity contribution in [3.05, 3.63) is 29.0 Å². The normalized spacial score (nSPS) is 23.1. The van der Waals surface area contributed by atoms with Gasteiger partial charge >= 0.3 is 0 Å². The Bertz CT molecular complexity index is 939. The van der Waals surface area contributed by atoms with Gasteiger partial charge in [0.25, 0.3) is 0 Å². The van der Waals surface area contributed by atoms with Gasteiger partial charge in [-0.1, -0.05) is 0 Å². The molecule has 8 nitrogen and oxygen atoms in total. The van der Waals surface area contributed by atoms with E-state index in [0.29, 0.717) is 24.5 Å². The number of aromatic nitrogens is 3. The lowest BCUT2D eigenvalue weighted by molar-refractivity contribution is -0.149. The molecule has 1 aromatic carbocycles. The van der Waals surface area contributed by atoms with Gasteiger partial charge in [-0.15, -0.1) is 0 Å². The Morgan fingerprint density at radius 3 is 2.45 bits per heavy atom. The summed E-state index contributed by atoms with van der Waals surface area (Å²) in [5.74, 6) is 1.92. The molecular formula is C22H31N5O3S. The maximum atomic E-state index is 13.0. The summed E-state index contributed by atoms with van der Waals surface area (Å²) in [6, 6.07) is 7.73. The van der Waals surface area contributed by atoms with Crippen LogP contribution in [0.1, 0.15) is 26.7 Å². The van der Waals surface area contributed by atoms with E-state index < -0.39 is 0 Å². The van der Waals surface area contributed by atoms with E-state index in [1.165, 1.54) is 0 Å². The van der Waals surface area contributed by atoms with Crippen molar-refractivity contribution in [2.45, 2.75) is 45.6 Å². The Morgan fingerprint density at radius 2 is 1.84 bits per heavy atom. The molecule has 0 radical (unpaired) electrons. The van der Waals surface area contributed by atoms with E-state index >= 15 is 0 Å². The number of carbonyl (C=O) groups excluding carboxylic acids is 1. The highest BCUT2D eigenvalue weighted by molar-refractivity contribution is 7.71. The molecule has 0 spiro atoms. The molecule has 2 fully saturated rings. The van der Waals surface area contributed by atoms with E-state index in [4.69, 9.17) is 21.7 Å². The quantitative estimate of drug-likeness (QED) is 0.714. The first-order chi connectivity index (χ1) is 14.9. The molecule has 2 atom stereocenters. The minimum absolute atomic E-state index is 0.0957. The number of rotatable bonds is 5. The third-order valence-electron chi connectivity index (χ3n) is 6.05. The largest absolute Gasteiger partial charge is 0.497 e. The number of benzene rings is 1. The van der Waals surface area contributed by atoms with Crippen LogP contribution in [-0.4, -0.2) is 76.0 Å². The van der Waals surface area contributed by atoms with Crippen LogP contribution in [0.2, 0.25) is 0 Å². The molecule has 2 unspecified atom stereocenters. The number of likely N-dealkylation sites (tertiary alicyclic amines) is 1. The summed E-state index contributed by atoms with van der Waals surface area (Å²) in [7, 11) is 1.65. The minimum Gasteiger partial charge on any atom is -0.497 e. The number of piperidine rings is 1. The van der Waals surface area contributed by atoms with Crippen molar-refractivity contribution < 1.29 is 14.3 Å². The number of hydrogen-bond donors (Lipinski definition) is 1. The minimum atomic E-state index is 0.0957. The van der Waals surface area contributed by atoms with Gasteiger partial charge in [-0.2, -0.15) is 4.98 Å². The number of methoxy groups -OCH3 is 1. The molecule has 2 saturated heterocycles. The Labute approximate surface area is 188 Å². The molecule has 168 valence electrons. The van der Waals surface area contributed by atoms with Crippen molar-refractivity contribution in [2.24, 2.45) is 5.92 Å². The fourth-order valence-corrected chi connectivity index (χ4v) is 4.66. The second-order valence-corrected chi connectivity index (χ2v) is 8.91. The number of nitrogens with one attached hydrogen (secondary N) is 1. The Morgan fingerprint density at radius 1 is 1.19 bits per heavy atom. The van der Waals surface area contributed by atoms with E-state index in [0.717, 1.165) is 43.1 Å². The van der Waals surface area contributed by atoms with Crippen LogP contribution in [0.5, 0.6) is 5.75 Å². The highest BCUT2D eigenvalue weighted by Gasteiger charge is 2.32. The van der Waals surface area contributed by atoms with E-state index in [9.17, 15) is 4.79 Å². The Hall–Kier alpha value is -2.23. The molecule has 4 rings (SSSR count). The van der Waals surface area contributed by atoms with Crippen LogP contribution >= 0.6 is 12.2 Å². The number of morpholine rings is 1. The maximum Gasteiger partial charge on any atom is 0.225 e. The monoisotopic (exact) mass is 445 g/mol. The molecule has 9 heteroatoms. The van der Waals surface area contributed by atoms with Crippen molar-refractivity contribution in [2.75, 3.05) is 33.3 Å². The van der Waals surface area contributed by atoms with Gasteiger partial charge in [0.15, 0.2) is 5.82 Å². The summed E-state index contributed by atoms with van der Waals surface area (Å²) >= 11 is 5.46. The second kappa shape index (κ2) is 9.50. The van der Waals surface area contributed by atoms with E-state index in [2.05, 4.69) is 15.0 Å². The third kappa shape index (κ3) is 5.16. The first-order valence-corrected chi connectivity index (χ1v) is 11.3. The van der Waals surface area contributed by atoms with Gasteiger partial charge in [-0.3, -0.25) is 14.8 Å².